The van der Waals surface area contributed by atoms with Crippen molar-refractivity contribution in [2.45, 2.75) is 17.4 Å². The van der Waals surface area contributed by atoms with Crippen molar-refractivity contribution in [3.8, 4) is 6.07 Å². The number of pyridine rings is 1. The quantitative estimate of drug-likeness (QED) is 0.629. The van der Waals surface area contributed by atoms with Crippen LogP contribution in [0.25, 0.3) is 0 Å². The van der Waals surface area contributed by atoms with Crippen molar-refractivity contribution in [1.82, 2.24) is 9.71 Å². The van der Waals surface area contributed by atoms with E-state index in [2.05, 4.69) is 9.71 Å². The summed E-state index contributed by atoms with van der Waals surface area (Å²) in [6.45, 7) is 0.264. The molecule has 1 heterocycles. The van der Waals surface area contributed by atoms with Crippen molar-refractivity contribution in [2.75, 3.05) is 13.2 Å². The van der Waals surface area contributed by atoms with Crippen LogP contribution in [-0.4, -0.2) is 42.4 Å². The number of hydrogen-bond donors (Lipinski definition) is 3. The van der Waals surface area contributed by atoms with Crippen molar-refractivity contribution in [3.63, 3.8) is 0 Å². The monoisotopic (exact) mass is 271 g/mol. The molecule has 0 fully saturated rings. The van der Waals surface area contributed by atoms with E-state index >= 15 is 0 Å². The molecular formula is C10H13N3O4S. The number of aromatic nitrogens is 1. The SMILES string of the molecule is CC(CO)(CO)NS(=O)(=O)c1ccc(C#N)nc1. The molecule has 0 bridgehead atoms. The summed E-state index contributed by atoms with van der Waals surface area (Å²) >= 11 is 0. The van der Waals surface area contributed by atoms with Crippen molar-refractivity contribution < 1.29 is 18.6 Å². The molecule has 0 aromatic carbocycles. The molecule has 0 atom stereocenters. The summed E-state index contributed by atoms with van der Waals surface area (Å²) in [5, 5.41) is 26.6. The van der Waals surface area contributed by atoms with Gasteiger partial charge in [-0.1, -0.05) is 0 Å². The van der Waals surface area contributed by atoms with E-state index in [0.717, 1.165) is 6.20 Å². The number of nitriles is 1. The molecule has 0 unspecified atom stereocenters. The molecular weight excluding hydrogens is 258 g/mol. The molecule has 98 valence electrons. The largest absolute Gasteiger partial charge is 0.394 e. The average Bonchev–Trinajstić information content (AvgIpc) is 2.38. The molecule has 0 amide bonds. The van der Waals surface area contributed by atoms with Crippen LogP contribution in [0.3, 0.4) is 0 Å². The van der Waals surface area contributed by atoms with Gasteiger partial charge in [0.2, 0.25) is 10.0 Å². The lowest BCUT2D eigenvalue weighted by molar-refractivity contribution is 0.121. The van der Waals surface area contributed by atoms with E-state index in [0.29, 0.717) is 0 Å². The lowest BCUT2D eigenvalue weighted by Gasteiger charge is -2.25. The first-order valence-corrected chi connectivity index (χ1v) is 6.47. The van der Waals surface area contributed by atoms with E-state index in [9.17, 15) is 8.42 Å². The molecule has 18 heavy (non-hydrogen) atoms. The molecule has 0 radical (unpaired) electrons. The Labute approximate surface area is 105 Å². The molecule has 0 saturated heterocycles. The summed E-state index contributed by atoms with van der Waals surface area (Å²) in [5.74, 6) is 0. The first-order valence-electron chi connectivity index (χ1n) is 4.99. The van der Waals surface area contributed by atoms with Gasteiger partial charge < -0.3 is 10.2 Å². The van der Waals surface area contributed by atoms with Gasteiger partial charge in [0.15, 0.2) is 0 Å². The van der Waals surface area contributed by atoms with E-state index in [1.807, 2.05) is 0 Å². The maximum absolute atomic E-state index is 11.9. The highest BCUT2D eigenvalue weighted by Crippen LogP contribution is 2.12. The molecule has 0 aliphatic rings. The van der Waals surface area contributed by atoms with Crippen LogP contribution in [0.1, 0.15) is 12.6 Å². The average molecular weight is 271 g/mol. The Kier molecular flexibility index (Phi) is 4.37. The number of aliphatic hydroxyl groups is 2. The zero-order chi connectivity index (χ0) is 13.8. The second-order valence-electron chi connectivity index (χ2n) is 3.97. The fraction of sp³-hybridized carbons (Fsp3) is 0.400. The topological polar surface area (TPSA) is 123 Å². The van der Waals surface area contributed by atoms with Gasteiger partial charge in [-0.2, -0.15) is 5.26 Å². The minimum atomic E-state index is -3.91. The molecule has 1 rings (SSSR count). The van der Waals surface area contributed by atoms with Gasteiger partial charge in [0.25, 0.3) is 0 Å². The molecule has 3 N–H and O–H groups in total. The third kappa shape index (κ3) is 3.24. The van der Waals surface area contributed by atoms with Gasteiger partial charge in [-0.15, -0.1) is 0 Å². The smallest absolute Gasteiger partial charge is 0.242 e. The van der Waals surface area contributed by atoms with Gasteiger partial charge in [-0.05, 0) is 19.1 Å². The van der Waals surface area contributed by atoms with Crippen LogP contribution in [0.5, 0.6) is 0 Å². The molecule has 0 spiro atoms. The predicted octanol–water partition coefficient (Wildman–Crippen LogP) is -1.03. The van der Waals surface area contributed by atoms with Crippen LogP contribution in [0.4, 0.5) is 0 Å². The Balaban J connectivity index is 3.03. The van der Waals surface area contributed by atoms with Crippen molar-refractivity contribution >= 4 is 10.0 Å². The van der Waals surface area contributed by atoms with Gasteiger partial charge in [0.05, 0.1) is 18.8 Å². The zero-order valence-corrected chi connectivity index (χ0v) is 10.5. The molecule has 0 saturated carbocycles. The predicted molar refractivity (Wildman–Crippen MR) is 61.9 cm³/mol. The Bertz CT molecular complexity index is 543. The standard InChI is InChI=1S/C10H13N3O4S/c1-10(6-14,7-15)13-18(16,17)9-3-2-8(4-11)12-5-9/h2-3,5,13-15H,6-7H2,1H3. The molecule has 8 heteroatoms. The number of hydrogen-bond acceptors (Lipinski definition) is 6. The highest BCUT2D eigenvalue weighted by molar-refractivity contribution is 7.89. The number of sulfonamides is 1. The Morgan fingerprint density at radius 2 is 2.06 bits per heavy atom. The highest BCUT2D eigenvalue weighted by Gasteiger charge is 2.29. The van der Waals surface area contributed by atoms with Gasteiger partial charge in [-0.3, -0.25) is 0 Å². The lowest BCUT2D eigenvalue weighted by atomic mass is 10.1. The van der Waals surface area contributed by atoms with Crippen LogP contribution < -0.4 is 4.72 Å². The summed E-state index contributed by atoms with van der Waals surface area (Å²) in [7, 11) is -3.91. The van der Waals surface area contributed by atoms with E-state index in [-0.39, 0.29) is 10.6 Å². The second kappa shape index (κ2) is 5.41. The van der Waals surface area contributed by atoms with Crippen LogP contribution in [0.15, 0.2) is 23.2 Å². The number of nitrogens with one attached hydrogen (secondary N) is 1. The van der Waals surface area contributed by atoms with Gasteiger partial charge in [0, 0.05) is 6.20 Å². The minimum absolute atomic E-state index is 0.0982. The third-order valence-corrected chi connectivity index (χ3v) is 3.86. The van der Waals surface area contributed by atoms with E-state index in [1.165, 1.54) is 19.1 Å². The minimum Gasteiger partial charge on any atom is -0.394 e. The molecule has 1 aromatic rings. The van der Waals surface area contributed by atoms with Crippen molar-refractivity contribution in [3.05, 3.63) is 24.0 Å². The summed E-state index contributed by atoms with van der Waals surface area (Å²) < 4.78 is 26.0. The Morgan fingerprint density at radius 3 is 2.44 bits per heavy atom. The van der Waals surface area contributed by atoms with Gasteiger partial charge >= 0.3 is 0 Å². The number of rotatable bonds is 5. The van der Waals surface area contributed by atoms with Crippen LogP contribution in [-0.2, 0) is 10.0 Å². The maximum atomic E-state index is 11.9. The number of aliphatic hydroxyl groups excluding tert-OH is 2. The fourth-order valence-electron chi connectivity index (χ4n) is 1.10. The van der Waals surface area contributed by atoms with Crippen LogP contribution in [0.2, 0.25) is 0 Å². The first kappa shape index (κ1) is 14.5. The lowest BCUT2D eigenvalue weighted by Crippen LogP contribution is -2.51. The summed E-state index contributed by atoms with van der Waals surface area (Å²) in [6.07, 6.45) is 1.04. The van der Waals surface area contributed by atoms with Gasteiger partial charge in [-0.25, -0.2) is 18.1 Å². The van der Waals surface area contributed by atoms with Crippen molar-refractivity contribution in [2.24, 2.45) is 0 Å². The van der Waals surface area contributed by atoms with E-state index < -0.39 is 28.8 Å². The summed E-state index contributed by atoms with van der Waals surface area (Å²) in [4.78, 5) is 3.50. The van der Waals surface area contributed by atoms with Crippen LogP contribution in [0, 0.1) is 11.3 Å². The van der Waals surface area contributed by atoms with Gasteiger partial charge in [0.1, 0.15) is 16.7 Å². The zero-order valence-electron chi connectivity index (χ0n) is 9.66. The van der Waals surface area contributed by atoms with E-state index in [4.69, 9.17) is 15.5 Å². The Morgan fingerprint density at radius 1 is 1.44 bits per heavy atom. The molecule has 0 aliphatic carbocycles. The first-order chi connectivity index (χ1) is 8.37. The Hall–Kier alpha value is -1.53. The van der Waals surface area contributed by atoms with Crippen LogP contribution >= 0.6 is 0 Å². The number of nitrogens with zero attached hydrogens (tertiary/aromatic N) is 2. The molecule has 7 nitrogen and oxygen atoms in total. The summed E-state index contributed by atoms with van der Waals surface area (Å²) in [6, 6.07) is 4.26. The molecule has 1 aromatic heterocycles. The van der Waals surface area contributed by atoms with E-state index in [1.54, 1.807) is 6.07 Å². The van der Waals surface area contributed by atoms with Crippen molar-refractivity contribution in [1.29, 1.82) is 5.26 Å². The normalized spacial score (nSPS) is 12.1. The second-order valence-corrected chi connectivity index (χ2v) is 5.66. The third-order valence-electron chi connectivity index (χ3n) is 2.24. The summed E-state index contributed by atoms with van der Waals surface area (Å²) in [5.41, 5.74) is -1.26. The molecule has 0 aliphatic heterocycles. The fourth-order valence-corrected chi connectivity index (χ4v) is 2.44. The highest BCUT2D eigenvalue weighted by atomic mass is 32.2. The maximum Gasteiger partial charge on any atom is 0.242 e.